The highest BCUT2D eigenvalue weighted by Crippen LogP contribution is 2.32. The van der Waals surface area contributed by atoms with E-state index in [0.29, 0.717) is 12.0 Å². The Hall–Kier alpha value is -3.08. The Bertz CT molecular complexity index is 1270. The van der Waals surface area contributed by atoms with Crippen LogP contribution in [0.2, 0.25) is 0 Å². The normalized spacial score (nSPS) is 23.4. The molecule has 6 rings (SSSR count). The van der Waals surface area contributed by atoms with Crippen LogP contribution in [0, 0.1) is 23.2 Å². The van der Waals surface area contributed by atoms with Crippen molar-refractivity contribution in [2.45, 2.75) is 45.6 Å². The molecule has 0 radical (unpaired) electrons. The van der Waals surface area contributed by atoms with Crippen molar-refractivity contribution in [2.24, 2.45) is 11.8 Å². The maximum atomic E-state index is 9.18. The zero-order valence-electron chi connectivity index (χ0n) is 23.7. The Morgan fingerprint density at radius 2 is 1.54 bits per heavy atom. The summed E-state index contributed by atoms with van der Waals surface area (Å²) in [5.74, 6) is 1.06. The first-order chi connectivity index (χ1) is 19.1. The molecule has 0 N–H and O–H groups in total. The molecule has 0 atom stereocenters. The lowest BCUT2D eigenvalue weighted by molar-refractivity contribution is 0.183. The number of hydrogen-bond acceptors (Lipinski definition) is 6. The van der Waals surface area contributed by atoms with Gasteiger partial charge in [0.2, 0.25) is 0 Å². The maximum absolute atomic E-state index is 9.18. The molecule has 206 valence electrons. The van der Waals surface area contributed by atoms with Gasteiger partial charge in [0.15, 0.2) is 0 Å². The summed E-state index contributed by atoms with van der Waals surface area (Å²) in [6.07, 6.45) is 8.71. The Labute approximate surface area is 233 Å². The minimum Gasteiger partial charge on any atom is -0.369 e. The lowest BCUT2D eigenvalue weighted by atomic mass is 9.82. The molecule has 2 aromatic heterocycles. The van der Waals surface area contributed by atoms with Crippen molar-refractivity contribution in [3.63, 3.8) is 0 Å². The highest BCUT2D eigenvalue weighted by atomic mass is 15.3. The lowest BCUT2D eigenvalue weighted by Gasteiger charge is -2.38. The second kappa shape index (κ2) is 11.6. The molecule has 39 heavy (non-hydrogen) atoms. The Morgan fingerprint density at radius 3 is 2.21 bits per heavy atom. The predicted molar refractivity (Wildman–Crippen MR) is 159 cm³/mol. The molecule has 0 amide bonds. The smallest absolute Gasteiger partial charge is 0.0886 e. The zero-order chi connectivity index (χ0) is 26.8. The average molecular weight is 526 g/mol. The SMILES string of the molecule is CC(C)N1CCN(c2ccc(-c3cc4c(N5CCN(CC6CCC(C#N)CC6)CC5)ccnn4c3)cc2)CC1. The molecule has 1 aliphatic carbocycles. The standard InChI is InChI=1S/C32H43N7/c1-25(2)36-17-19-37(20-18-36)30-9-7-28(8-10-30)29-21-32-31(11-12-34-39(32)24-29)38-15-13-35(14-16-38)23-27-5-3-26(22-33)4-6-27/h7-12,21,24-27H,3-6,13-20,23H2,1-2H3. The van der Waals surface area contributed by atoms with Gasteiger partial charge in [0.05, 0.1) is 17.3 Å². The highest BCUT2D eigenvalue weighted by Gasteiger charge is 2.26. The third-order valence-electron chi connectivity index (χ3n) is 9.36. The van der Waals surface area contributed by atoms with Crippen molar-refractivity contribution in [2.75, 3.05) is 68.7 Å². The van der Waals surface area contributed by atoms with Crippen LogP contribution >= 0.6 is 0 Å². The quantitative estimate of drug-likeness (QED) is 0.452. The van der Waals surface area contributed by atoms with Crippen molar-refractivity contribution in [3.8, 4) is 17.2 Å². The molecule has 7 heteroatoms. The van der Waals surface area contributed by atoms with Gasteiger partial charge in [-0.1, -0.05) is 12.1 Å². The highest BCUT2D eigenvalue weighted by molar-refractivity contribution is 5.80. The molecular formula is C32H43N7. The monoisotopic (exact) mass is 525 g/mol. The van der Waals surface area contributed by atoms with Crippen molar-refractivity contribution in [1.29, 1.82) is 5.26 Å². The van der Waals surface area contributed by atoms with Crippen molar-refractivity contribution < 1.29 is 0 Å². The van der Waals surface area contributed by atoms with Gasteiger partial charge in [-0.2, -0.15) is 10.4 Å². The van der Waals surface area contributed by atoms with Gasteiger partial charge in [-0.25, -0.2) is 4.52 Å². The van der Waals surface area contributed by atoms with Crippen LogP contribution in [0.5, 0.6) is 0 Å². The molecule has 3 fully saturated rings. The number of piperazine rings is 2. The number of benzene rings is 1. The molecule has 1 saturated carbocycles. The van der Waals surface area contributed by atoms with E-state index in [9.17, 15) is 5.26 Å². The fourth-order valence-electron chi connectivity index (χ4n) is 6.80. The van der Waals surface area contributed by atoms with E-state index in [1.807, 2.05) is 10.7 Å². The number of aromatic nitrogens is 2. The summed E-state index contributed by atoms with van der Waals surface area (Å²) in [6, 6.07) is 16.7. The van der Waals surface area contributed by atoms with Crippen LogP contribution in [-0.4, -0.2) is 84.4 Å². The number of nitriles is 1. The summed E-state index contributed by atoms with van der Waals surface area (Å²) < 4.78 is 2.05. The van der Waals surface area contributed by atoms with E-state index >= 15 is 0 Å². The van der Waals surface area contributed by atoms with Crippen molar-refractivity contribution >= 4 is 16.9 Å². The first kappa shape index (κ1) is 26.2. The van der Waals surface area contributed by atoms with Crippen molar-refractivity contribution in [3.05, 3.63) is 48.8 Å². The van der Waals surface area contributed by atoms with Gasteiger partial charge in [0, 0.05) is 94.5 Å². The maximum Gasteiger partial charge on any atom is 0.0886 e. The molecule has 2 saturated heterocycles. The molecular weight excluding hydrogens is 482 g/mol. The zero-order valence-corrected chi connectivity index (χ0v) is 23.7. The summed E-state index contributed by atoms with van der Waals surface area (Å²) in [4.78, 5) is 10.2. The number of fused-ring (bicyclic) bond motifs is 1. The van der Waals surface area contributed by atoms with Gasteiger partial charge in [-0.05, 0) is 75.3 Å². The van der Waals surface area contributed by atoms with E-state index < -0.39 is 0 Å². The second-order valence-corrected chi connectivity index (χ2v) is 12.1. The molecule has 7 nitrogen and oxygen atoms in total. The number of rotatable bonds is 6. The molecule has 0 bridgehead atoms. The third-order valence-corrected chi connectivity index (χ3v) is 9.36. The van der Waals surface area contributed by atoms with Crippen LogP contribution in [0.3, 0.4) is 0 Å². The van der Waals surface area contributed by atoms with Gasteiger partial charge < -0.3 is 9.80 Å². The van der Waals surface area contributed by atoms with Crippen LogP contribution in [0.1, 0.15) is 39.5 Å². The third kappa shape index (κ3) is 5.78. The lowest BCUT2D eigenvalue weighted by Crippen LogP contribution is -2.48. The van der Waals surface area contributed by atoms with Crippen LogP contribution < -0.4 is 9.80 Å². The second-order valence-electron chi connectivity index (χ2n) is 12.1. The first-order valence-corrected chi connectivity index (χ1v) is 15.0. The fourth-order valence-corrected chi connectivity index (χ4v) is 6.80. The van der Waals surface area contributed by atoms with Gasteiger partial charge in [-0.15, -0.1) is 0 Å². The van der Waals surface area contributed by atoms with E-state index in [0.717, 1.165) is 71.1 Å². The van der Waals surface area contributed by atoms with Crippen LogP contribution in [0.25, 0.3) is 16.6 Å². The predicted octanol–water partition coefficient (Wildman–Crippen LogP) is 4.98. The van der Waals surface area contributed by atoms with Crippen LogP contribution in [-0.2, 0) is 0 Å². The molecule has 3 aromatic rings. The van der Waals surface area contributed by atoms with Gasteiger partial charge in [-0.3, -0.25) is 9.80 Å². The average Bonchev–Trinajstić information content (AvgIpc) is 3.43. The van der Waals surface area contributed by atoms with E-state index in [1.165, 1.54) is 47.4 Å². The Kier molecular flexibility index (Phi) is 7.76. The topological polar surface area (TPSA) is 54.0 Å². The van der Waals surface area contributed by atoms with E-state index in [4.69, 9.17) is 0 Å². The summed E-state index contributed by atoms with van der Waals surface area (Å²) in [6.45, 7) is 14.5. The Balaban J connectivity index is 1.09. The number of hydrogen-bond donors (Lipinski definition) is 0. The van der Waals surface area contributed by atoms with Gasteiger partial charge >= 0.3 is 0 Å². The number of anilines is 2. The minimum atomic E-state index is 0.294. The molecule has 4 heterocycles. The summed E-state index contributed by atoms with van der Waals surface area (Å²) in [5, 5.41) is 13.8. The van der Waals surface area contributed by atoms with Crippen molar-refractivity contribution in [1.82, 2.24) is 19.4 Å². The van der Waals surface area contributed by atoms with E-state index in [1.54, 1.807) is 0 Å². The van der Waals surface area contributed by atoms with E-state index in [2.05, 4.69) is 87.2 Å². The number of nitrogens with zero attached hydrogens (tertiary/aromatic N) is 7. The van der Waals surface area contributed by atoms with E-state index in [-0.39, 0.29) is 0 Å². The molecule has 0 spiro atoms. The minimum absolute atomic E-state index is 0.294. The van der Waals surface area contributed by atoms with Crippen LogP contribution in [0.4, 0.5) is 11.4 Å². The Morgan fingerprint density at radius 1 is 0.846 bits per heavy atom. The molecule has 3 aliphatic rings. The summed E-state index contributed by atoms with van der Waals surface area (Å²) in [5.41, 5.74) is 6.25. The molecule has 2 aliphatic heterocycles. The largest absolute Gasteiger partial charge is 0.369 e. The molecule has 0 unspecified atom stereocenters. The van der Waals surface area contributed by atoms with Crippen LogP contribution in [0.15, 0.2) is 48.8 Å². The first-order valence-electron chi connectivity index (χ1n) is 15.0. The summed E-state index contributed by atoms with van der Waals surface area (Å²) in [7, 11) is 0. The summed E-state index contributed by atoms with van der Waals surface area (Å²) >= 11 is 0. The van der Waals surface area contributed by atoms with Gasteiger partial charge in [0.1, 0.15) is 0 Å². The molecule has 1 aromatic carbocycles. The van der Waals surface area contributed by atoms with Gasteiger partial charge in [0.25, 0.3) is 0 Å². The fraction of sp³-hybridized carbons (Fsp3) is 0.562.